The number of nitrogens with zero attached hydrogens (tertiary/aromatic N) is 3. The summed E-state index contributed by atoms with van der Waals surface area (Å²) in [6.45, 7) is 0. The second-order valence-corrected chi connectivity index (χ2v) is 6.10. The molecule has 0 aliphatic rings. The van der Waals surface area contributed by atoms with Crippen LogP contribution in [0.2, 0.25) is 0 Å². The minimum Gasteiger partial charge on any atom is -0.497 e. The lowest BCUT2D eigenvalue weighted by molar-refractivity contribution is 0.415. The molecular formula is C22H20N4O2. The maximum atomic E-state index is 5.24. The van der Waals surface area contributed by atoms with Crippen LogP contribution >= 0.6 is 0 Å². The third-order valence-corrected chi connectivity index (χ3v) is 4.32. The lowest BCUT2D eigenvalue weighted by Crippen LogP contribution is -2.04. The molecule has 0 bridgehead atoms. The van der Waals surface area contributed by atoms with Gasteiger partial charge < -0.3 is 14.8 Å². The normalized spacial score (nSPS) is 10.5. The van der Waals surface area contributed by atoms with Crippen molar-refractivity contribution < 1.29 is 9.47 Å². The molecule has 0 amide bonds. The largest absolute Gasteiger partial charge is 0.497 e. The highest BCUT2D eigenvalue weighted by Gasteiger charge is 2.12. The molecule has 6 heteroatoms. The Morgan fingerprint density at radius 3 is 2.11 bits per heavy atom. The Morgan fingerprint density at radius 2 is 1.50 bits per heavy atom. The van der Waals surface area contributed by atoms with Gasteiger partial charge in [-0.15, -0.1) is 0 Å². The van der Waals surface area contributed by atoms with E-state index in [1.54, 1.807) is 25.1 Å². The third kappa shape index (κ3) is 3.66. The molecule has 0 saturated heterocycles. The summed E-state index contributed by atoms with van der Waals surface area (Å²) in [5.41, 5.74) is 2.76. The van der Waals surface area contributed by atoms with Crippen LogP contribution in [0.5, 0.6) is 11.5 Å². The fraction of sp³-hybridized carbons (Fsp3) is 0.0909. The van der Waals surface area contributed by atoms with E-state index >= 15 is 0 Å². The molecule has 2 aromatic carbocycles. The quantitative estimate of drug-likeness (QED) is 0.532. The van der Waals surface area contributed by atoms with E-state index in [0.29, 0.717) is 0 Å². The standard InChI is InChI=1S/C22H20N4O2/c1-27-18-10-6-16(7-11-18)20-15-22(24-17-8-12-19(28-2)13-9-17)26(25-20)21-5-3-4-14-23-21/h3-15,24H,1-2H3. The second kappa shape index (κ2) is 7.84. The van der Waals surface area contributed by atoms with Crippen molar-refractivity contribution in [1.82, 2.24) is 14.8 Å². The highest BCUT2D eigenvalue weighted by Crippen LogP contribution is 2.28. The van der Waals surface area contributed by atoms with Gasteiger partial charge in [-0.05, 0) is 60.7 Å². The minimum atomic E-state index is 0.735. The highest BCUT2D eigenvalue weighted by atomic mass is 16.5. The molecule has 1 N–H and O–H groups in total. The number of methoxy groups -OCH3 is 2. The van der Waals surface area contributed by atoms with Crippen LogP contribution in [-0.4, -0.2) is 29.0 Å². The van der Waals surface area contributed by atoms with Gasteiger partial charge in [-0.3, -0.25) is 0 Å². The van der Waals surface area contributed by atoms with Crippen molar-refractivity contribution in [2.24, 2.45) is 0 Å². The van der Waals surface area contributed by atoms with E-state index in [0.717, 1.165) is 40.1 Å². The smallest absolute Gasteiger partial charge is 0.155 e. The molecule has 4 aromatic rings. The van der Waals surface area contributed by atoms with Crippen molar-refractivity contribution >= 4 is 11.5 Å². The zero-order valence-corrected chi connectivity index (χ0v) is 15.7. The summed E-state index contributed by atoms with van der Waals surface area (Å²) in [7, 11) is 3.31. The fourth-order valence-electron chi connectivity index (χ4n) is 2.85. The van der Waals surface area contributed by atoms with E-state index in [1.807, 2.05) is 72.8 Å². The molecule has 6 nitrogen and oxygen atoms in total. The lowest BCUT2D eigenvalue weighted by atomic mass is 10.1. The summed E-state index contributed by atoms with van der Waals surface area (Å²) in [6, 6.07) is 23.3. The molecule has 0 unspecified atom stereocenters. The van der Waals surface area contributed by atoms with E-state index in [2.05, 4.69) is 10.3 Å². The van der Waals surface area contributed by atoms with Gasteiger partial charge in [0.25, 0.3) is 0 Å². The maximum absolute atomic E-state index is 5.24. The van der Waals surface area contributed by atoms with Gasteiger partial charge in [-0.25, -0.2) is 4.98 Å². The first-order valence-electron chi connectivity index (χ1n) is 8.84. The summed E-state index contributed by atoms with van der Waals surface area (Å²) in [6.07, 6.45) is 1.75. The van der Waals surface area contributed by atoms with Crippen LogP contribution in [0.25, 0.3) is 17.1 Å². The molecule has 0 spiro atoms. The first-order valence-corrected chi connectivity index (χ1v) is 8.84. The van der Waals surface area contributed by atoms with Crippen LogP contribution in [0.3, 0.4) is 0 Å². The molecular weight excluding hydrogens is 352 g/mol. The molecule has 28 heavy (non-hydrogen) atoms. The van der Waals surface area contributed by atoms with E-state index in [4.69, 9.17) is 14.6 Å². The Bertz CT molecular complexity index is 1040. The number of nitrogens with one attached hydrogen (secondary N) is 1. The Labute approximate surface area is 163 Å². The molecule has 4 rings (SSSR count). The monoisotopic (exact) mass is 372 g/mol. The first kappa shape index (κ1) is 17.6. The average molecular weight is 372 g/mol. The number of hydrogen-bond donors (Lipinski definition) is 1. The molecule has 140 valence electrons. The van der Waals surface area contributed by atoms with Crippen molar-refractivity contribution in [1.29, 1.82) is 0 Å². The van der Waals surface area contributed by atoms with Gasteiger partial charge in [-0.1, -0.05) is 6.07 Å². The number of hydrogen-bond acceptors (Lipinski definition) is 5. The Balaban J connectivity index is 1.73. The van der Waals surface area contributed by atoms with Gasteiger partial charge >= 0.3 is 0 Å². The molecule has 2 heterocycles. The van der Waals surface area contributed by atoms with Crippen molar-refractivity contribution in [2.75, 3.05) is 19.5 Å². The SMILES string of the molecule is COc1ccc(Nc2cc(-c3ccc(OC)cc3)nn2-c2ccccn2)cc1. The molecule has 0 aliphatic heterocycles. The summed E-state index contributed by atoms with van der Waals surface area (Å²) < 4.78 is 12.3. The van der Waals surface area contributed by atoms with E-state index in [1.165, 1.54) is 0 Å². The van der Waals surface area contributed by atoms with E-state index in [9.17, 15) is 0 Å². The van der Waals surface area contributed by atoms with Gasteiger partial charge in [0.05, 0.1) is 19.9 Å². The number of rotatable bonds is 6. The van der Waals surface area contributed by atoms with E-state index in [-0.39, 0.29) is 0 Å². The fourth-order valence-corrected chi connectivity index (χ4v) is 2.85. The summed E-state index contributed by atoms with van der Waals surface area (Å²) in [5.74, 6) is 3.17. The Morgan fingerprint density at radius 1 is 0.821 bits per heavy atom. The zero-order chi connectivity index (χ0) is 19.3. The Hall–Kier alpha value is -3.80. The van der Waals surface area contributed by atoms with Crippen LogP contribution in [0.4, 0.5) is 11.5 Å². The second-order valence-electron chi connectivity index (χ2n) is 6.10. The minimum absolute atomic E-state index is 0.735. The lowest BCUT2D eigenvalue weighted by Gasteiger charge is -2.09. The maximum Gasteiger partial charge on any atom is 0.155 e. The van der Waals surface area contributed by atoms with Crippen molar-refractivity contribution in [3.8, 4) is 28.6 Å². The van der Waals surface area contributed by atoms with Crippen molar-refractivity contribution in [3.05, 3.63) is 79.0 Å². The average Bonchev–Trinajstić information content (AvgIpc) is 3.18. The predicted molar refractivity (Wildman–Crippen MR) is 110 cm³/mol. The predicted octanol–water partition coefficient (Wildman–Crippen LogP) is 4.70. The summed E-state index contributed by atoms with van der Waals surface area (Å²) >= 11 is 0. The topological polar surface area (TPSA) is 61.2 Å². The number of benzene rings is 2. The molecule has 0 fully saturated rings. The zero-order valence-electron chi connectivity index (χ0n) is 15.7. The van der Waals surface area contributed by atoms with Crippen LogP contribution in [0.1, 0.15) is 0 Å². The third-order valence-electron chi connectivity index (χ3n) is 4.32. The molecule has 2 aromatic heterocycles. The summed E-state index contributed by atoms with van der Waals surface area (Å²) in [4.78, 5) is 4.43. The molecule has 0 atom stereocenters. The van der Waals surface area contributed by atoms with E-state index < -0.39 is 0 Å². The van der Waals surface area contributed by atoms with Crippen LogP contribution in [0.15, 0.2) is 79.0 Å². The van der Waals surface area contributed by atoms with Gasteiger partial charge in [0.15, 0.2) is 5.82 Å². The molecule has 0 saturated carbocycles. The van der Waals surface area contributed by atoms with Gasteiger partial charge in [0.1, 0.15) is 17.3 Å². The summed E-state index contributed by atoms with van der Waals surface area (Å²) in [5, 5.41) is 8.18. The van der Waals surface area contributed by atoms with Gasteiger partial charge in [-0.2, -0.15) is 9.78 Å². The number of pyridine rings is 1. The van der Waals surface area contributed by atoms with Crippen LogP contribution in [-0.2, 0) is 0 Å². The molecule has 0 radical (unpaired) electrons. The number of aromatic nitrogens is 3. The van der Waals surface area contributed by atoms with Crippen molar-refractivity contribution in [3.63, 3.8) is 0 Å². The number of anilines is 2. The van der Waals surface area contributed by atoms with Crippen LogP contribution in [0, 0.1) is 0 Å². The van der Waals surface area contributed by atoms with Gasteiger partial charge in [0, 0.05) is 23.5 Å². The number of ether oxygens (including phenoxy) is 2. The van der Waals surface area contributed by atoms with Crippen molar-refractivity contribution in [2.45, 2.75) is 0 Å². The van der Waals surface area contributed by atoms with Crippen LogP contribution < -0.4 is 14.8 Å². The molecule has 0 aliphatic carbocycles. The highest BCUT2D eigenvalue weighted by molar-refractivity contribution is 5.68. The first-order chi connectivity index (χ1) is 13.8. The van der Waals surface area contributed by atoms with Gasteiger partial charge in [0.2, 0.25) is 0 Å². The Kier molecular flexibility index (Phi) is 4.93.